The largest absolute Gasteiger partial charge is 0.361 e. The number of aromatic nitrogens is 1. The SMILES string of the molecule is CCN1CCC[C@H]1CNC(=O)CCc1c[nH]c2ccccc12. The van der Waals surface area contributed by atoms with Gasteiger partial charge in [-0.15, -0.1) is 0 Å². The molecule has 2 heterocycles. The molecule has 22 heavy (non-hydrogen) atoms. The van der Waals surface area contributed by atoms with E-state index >= 15 is 0 Å². The Morgan fingerprint density at radius 2 is 2.27 bits per heavy atom. The summed E-state index contributed by atoms with van der Waals surface area (Å²) in [6.45, 7) is 5.24. The quantitative estimate of drug-likeness (QED) is 0.861. The third-order valence-electron chi connectivity index (χ3n) is 4.74. The Labute approximate surface area is 131 Å². The predicted octanol–water partition coefficient (Wildman–Crippen LogP) is 2.70. The van der Waals surface area contributed by atoms with Crippen LogP contribution in [0.5, 0.6) is 0 Å². The highest BCUT2D eigenvalue weighted by Crippen LogP contribution is 2.19. The van der Waals surface area contributed by atoms with Crippen molar-refractivity contribution in [2.45, 2.75) is 38.6 Å². The van der Waals surface area contributed by atoms with E-state index in [1.54, 1.807) is 0 Å². The van der Waals surface area contributed by atoms with E-state index < -0.39 is 0 Å². The van der Waals surface area contributed by atoms with E-state index in [9.17, 15) is 4.79 Å². The van der Waals surface area contributed by atoms with Crippen LogP contribution >= 0.6 is 0 Å². The summed E-state index contributed by atoms with van der Waals surface area (Å²) in [6.07, 6.45) is 5.83. The lowest BCUT2D eigenvalue weighted by molar-refractivity contribution is -0.121. The fourth-order valence-corrected chi connectivity index (χ4v) is 3.45. The van der Waals surface area contributed by atoms with Crippen LogP contribution < -0.4 is 5.32 Å². The van der Waals surface area contributed by atoms with Gasteiger partial charge in [0.05, 0.1) is 0 Å². The Bertz CT molecular complexity index is 634. The minimum absolute atomic E-state index is 0.160. The van der Waals surface area contributed by atoms with Crippen LogP contribution in [0.4, 0.5) is 0 Å². The average Bonchev–Trinajstić information content (AvgIpc) is 3.17. The molecule has 1 aliphatic heterocycles. The Kier molecular flexibility index (Phi) is 4.78. The van der Waals surface area contributed by atoms with Gasteiger partial charge in [-0.3, -0.25) is 9.69 Å². The number of likely N-dealkylation sites (N-methyl/N-ethyl adjacent to an activating group) is 1. The summed E-state index contributed by atoms with van der Waals surface area (Å²) in [4.78, 5) is 17.8. The molecule has 1 aromatic carbocycles. The maximum absolute atomic E-state index is 12.1. The summed E-state index contributed by atoms with van der Waals surface area (Å²) in [7, 11) is 0. The van der Waals surface area contributed by atoms with Crippen LogP contribution in [-0.4, -0.2) is 41.5 Å². The summed E-state index contributed by atoms with van der Waals surface area (Å²) in [5.74, 6) is 0.160. The van der Waals surface area contributed by atoms with Gasteiger partial charge in [-0.1, -0.05) is 25.1 Å². The molecule has 1 atom stereocenters. The van der Waals surface area contributed by atoms with E-state index in [4.69, 9.17) is 0 Å². The van der Waals surface area contributed by atoms with Gasteiger partial charge in [0.25, 0.3) is 0 Å². The Balaban J connectivity index is 1.48. The number of fused-ring (bicyclic) bond motifs is 1. The fourth-order valence-electron chi connectivity index (χ4n) is 3.45. The number of aromatic amines is 1. The van der Waals surface area contributed by atoms with Gasteiger partial charge in [-0.05, 0) is 44.0 Å². The maximum Gasteiger partial charge on any atom is 0.220 e. The van der Waals surface area contributed by atoms with Crippen LogP contribution in [0.3, 0.4) is 0 Å². The first-order valence-corrected chi connectivity index (χ1v) is 8.33. The van der Waals surface area contributed by atoms with Crippen LogP contribution in [0.25, 0.3) is 10.9 Å². The molecule has 0 aliphatic carbocycles. The normalized spacial score (nSPS) is 18.9. The number of H-pyrrole nitrogens is 1. The van der Waals surface area contributed by atoms with Crippen molar-refractivity contribution in [2.24, 2.45) is 0 Å². The van der Waals surface area contributed by atoms with E-state index in [0.717, 1.165) is 25.0 Å². The topological polar surface area (TPSA) is 48.1 Å². The molecule has 4 heteroatoms. The first-order valence-electron chi connectivity index (χ1n) is 8.33. The molecule has 4 nitrogen and oxygen atoms in total. The second-order valence-electron chi connectivity index (χ2n) is 6.09. The van der Waals surface area contributed by atoms with E-state index in [-0.39, 0.29) is 5.91 Å². The van der Waals surface area contributed by atoms with Crippen LogP contribution in [0, 0.1) is 0 Å². The van der Waals surface area contributed by atoms with Crippen LogP contribution in [-0.2, 0) is 11.2 Å². The van der Waals surface area contributed by atoms with E-state index in [1.165, 1.54) is 30.3 Å². The lowest BCUT2D eigenvalue weighted by Crippen LogP contribution is -2.40. The summed E-state index contributed by atoms with van der Waals surface area (Å²) in [5, 5.41) is 4.33. The Morgan fingerprint density at radius 1 is 1.41 bits per heavy atom. The van der Waals surface area contributed by atoms with E-state index in [1.807, 2.05) is 18.3 Å². The molecule has 1 fully saturated rings. The lowest BCUT2D eigenvalue weighted by atomic mass is 10.1. The number of carbonyl (C=O) groups is 1. The second kappa shape index (κ2) is 6.97. The zero-order valence-corrected chi connectivity index (χ0v) is 13.3. The first-order chi connectivity index (χ1) is 10.8. The first kappa shape index (κ1) is 15.1. The van der Waals surface area contributed by atoms with Crippen LogP contribution in [0.1, 0.15) is 31.7 Å². The van der Waals surface area contributed by atoms with Gasteiger partial charge < -0.3 is 10.3 Å². The van der Waals surface area contributed by atoms with Crippen molar-refractivity contribution < 1.29 is 4.79 Å². The molecule has 0 unspecified atom stereocenters. The number of aryl methyl sites for hydroxylation is 1. The second-order valence-corrected chi connectivity index (χ2v) is 6.09. The number of amides is 1. The lowest BCUT2D eigenvalue weighted by Gasteiger charge is -2.22. The molecule has 0 saturated carbocycles. The number of hydrogen-bond donors (Lipinski definition) is 2. The van der Waals surface area contributed by atoms with Gasteiger partial charge in [0, 0.05) is 36.1 Å². The average molecular weight is 299 g/mol. The smallest absolute Gasteiger partial charge is 0.220 e. The number of likely N-dealkylation sites (tertiary alicyclic amines) is 1. The summed E-state index contributed by atoms with van der Waals surface area (Å²) in [6, 6.07) is 8.77. The molecule has 1 aromatic heterocycles. The van der Waals surface area contributed by atoms with Gasteiger partial charge in [0.15, 0.2) is 0 Å². The number of benzene rings is 1. The molecule has 1 amide bonds. The molecular weight excluding hydrogens is 274 g/mol. The number of nitrogens with one attached hydrogen (secondary N) is 2. The third kappa shape index (κ3) is 3.33. The third-order valence-corrected chi connectivity index (χ3v) is 4.74. The number of nitrogens with zero attached hydrogens (tertiary/aromatic N) is 1. The minimum Gasteiger partial charge on any atom is -0.361 e. The van der Waals surface area contributed by atoms with E-state index in [2.05, 4.69) is 34.3 Å². The summed E-state index contributed by atoms with van der Waals surface area (Å²) < 4.78 is 0. The van der Waals surface area contributed by atoms with Crippen molar-refractivity contribution in [1.29, 1.82) is 0 Å². The predicted molar refractivity (Wildman–Crippen MR) is 89.9 cm³/mol. The van der Waals surface area contributed by atoms with Crippen molar-refractivity contribution in [1.82, 2.24) is 15.2 Å². The molecular formula is C18H25N3O. The number of para-hydroxylation sites is 1. The summed E-state index contributed by atoms with van der Waals surface area (Å²) >= 11 is 0. The molecule has 1 saturated heterocycles. The Morgan fingerprint density at radius 3 is 3.14 bits per heavy atom. The Hall–Kier alpha value is -1.81. The van der Waals surface area contributed by atoms with Gasteiger partial charge in [-0.2, -0.15) is 0 Å². The number of hydrogen-bond acceptors (Lipinski definition) is 2. The van der Waals surface area contributed by atoms with E-state index in [0.29, 0.717) is 12.5 Å². The molecule has 3 rings (SSSR count). The molecule has 2 N–H and O–H groups in total. The highest BCUT2D eigenvalue weighted by molar-refractivity contribution is 5.84. The fraction of sp³-hybridized carbons (Fsp3) is 0.500. The molecule has 0 radical (unpaired) electrons. The van der Waals surface area contributed by atoms with Gasteiger partial charge in [-0.25, -0.2) is 0 Å². The molecule has 0 spiro atoms. The summed E-state index contributed by atoms with van der Waals surface area (Å²) in [5.41, 5.74) is 2.37. The van der Waals surface area contributed by atoms with Crippen molar-refractivity contribution >= 4 is 16.8 Å². The zero-order valence-electron chi connectivity index (χ0n) is 13.3. The van der Waals surface area contributed by atoms with Gasteiger partial charge in [0.1, 0.15) is 0 Å². The minimum atomic E-state index is 0.160. The standard InChI is InChI=1S/C18H25N3O/c1-2-21-11-5-6-15(21)13-20-18(22)10-9-14-12-19-17-8-4-3-7-16(14)17/h3-4,7-8,12,15,19H,2,5-6,9-11,13H2,1H3,(H,20,22)/t15-/m0/s1. The molecule has 0 bridgehead atoms. The highest BCUT2D eigenvalue weighted by atomic mass is 16.1. The van der Waals surface area contributed by atoms with Gasteiger partial charge >= 0.3 is 0 Å². The van der Waals surface area contributed by atoms with Crippen molar-refractivity contribution in [3.63, 3.8) is 0 Å². The van der Waals surface area contributed by atoms with Gasteiger partial charge in [0.2, 0.25) is 5.91 Å². The number of carbonyl (C=O) groups excluding carboxylic acids is 1. The highest BCUT2D eigenvalue weighted by Gasteiger charge is 2.22. The van der Waals surface area contributed by atoms with Crippen LogP contribution in [0.2, 0.25) is 0 Å². The molecule has 1 aliphatic rings. The van der Waals surface area contributed by atoms with Crippen molar-refractivity contribution in [2.75, 3.05) is 19.6 Å². The molecule has 118 valence electrons. The zero-order chi connectivity index (χ0) is 15.4. The number of rotatable bonds is 6. The monoisotopic (exact) mass is 299 g/mol. The van der Waals surface area contributed by atoms with Crippen molar-refractivity contribution in [3.8, 4) is 0 Å². The van der Waals surface area contributed by atoms with Crippen LogP contribution in [0.15, 0.2) is 30.5 Å². The maximum atomic E-state index is 12.1. The molecule has 2 aromatic rings. The van der Waals surface area contributed by atoms with Crippen molar-refractivity contribution in [3.05, 3.63) is 36.0 Å².